The summed E-state index contributed by atoms with van der Waals surface area (Å²) >= 11 is 0. The van der Waals surface area contributed by atoms with Crippen LogP contribution in [0, 0.1) is 11.8 Å². The molecule has 2 atom stereocenters. The maximum Gasteiger partial charge on any atom is 0.332 e. The number of urea groups is 1. The highest BCUT2D eigenvalue weighted by atomic mass is 16.2. The van der Waals surface area contributed by atoms with E-state index in [1.54, 1.807) is 0 Å². The third-order valence-electron chi connectivity index (χ3n) is 3.65. The van der Waals surface area contributed by atoms with Crippen LogP contribution in [0.15, 0.2) is 5.10 Å². The Bertz CT molecular complexity index is 273. The van der Waals surface area contributed by atoms with Gasteiger partial charge in [0.15, 0.2) is 0 Å². The molecule has 0 radical (unpaired) electrons. The van der Waals surface area contributed by atoms with Crippen LogP contribution < -0.4 is 11.2 Å². The van der Waals surface area contributed by atoms with Crippen molar-refractivity contribution >= 4 is 11.7 Å². The van der Waals surface area contributed by atoms with E-state index in [2.05, 4.69) is 10.5 Å². The Hall–Kier alpha value is -1.06. The Labute approximate surface area is 90.3 Å². The van der Waals surface area contributed by atoms with Gasteiger partial charge < -0.3 is 5.73 Å². The molecule has 0 bridgehead atoms. The normalized spacial score (nSPS) is 33.5. The molecule has 2 fully saturated rings. The number of rotatable bonds is 1. The minimum atomic E-state index is -0.555. The molecule has 0 aromatic rings. The second-order valence-corrected chi connectivity index (χ2v) is 4.62. The van der Waals surface area contributed by atoms with Crippen molar-refractivity contribution in [2.75, 3.05) is 0 Å². The zero-order valence-corrected chi connectivity index (χ0v) is 9.04. The van der Waals surface area contributed by atoms with Crippen LogP contribution >= 0.6 is 0 Å². The van der Waals surface area contributed by atoms with E-state index >= 15 is 0 Å². The number of fused-ring (bicyclic) bond motifs is 1. The van der Waals surface area contributed by atoms with Gasteiger partial charge in [0.1, 0.15) is 0 Å². The van der Waals surface area contributed by atoms with Crippen LogP contribution in [-0.4, -0.2) is 11.7 Å². The number of primary amides is 1. The second kappa shape index (κ2) is 4.64. The van der Waals surface area contributed by atoms with E-state index in [-0.39, 0.29) is 0 Å². The van der Waals surface area contributed by atoms with Gasteiger partial charge in [-0.25, -0.2) is 10.2 Å². The lowest BCUT2D eigenvalue weighted by atomic mass is 9.70. The van der Waals surface area contributed by atoms with E-state index in [1.165, 1.54) is 44.2 Å². The molecule has 84 valence electrons. The molecule has 0 aliphatic heterocycles. The highest BCUT2D eigenvalue weighted by molar-refractivity contribution is 5.88. The van der Waals surface area contributed by atoms with Crippen molar-refractivity contribution in [1.29, 1.82) is 0 Å². The first-order valence-corrected chi connectivity index (χ1v) is 5.89. The van der Waals surface area contributed by atoms with Crippen molar-refractivity contribution in [2.24, 2.45) is 22.7 Å². The van der Waals surface area contributed by atoms with Crippen molar-refractivity contribution in [3.8, 4) is 0 Å². The Kier molecular flexibility index (Phi) is 3.23. The van der Waals surface area contributed by atoms with E-state index in [4.69, 9.17) is 5.73 Å². The van der Waals surface area contributed by atoms with Gasteiger partial charge in [0.2, 0.25) is 0 Å². The van der Waals surface area contributed by atoms with Gasteiger partial charge in [0.05, 0.1) is 0 Å². The van der Waals surface area contributed by atoms with Crippen LogP contribution in [-0.2, 0) is 0 Å². The number of nitrogens with one attached hydrogen (secondary N) is 1. The number of hydrazone groups is 1. The summed E-state index contributed by atoms with van der Waals surface area (Å²) in [5, 5.41) is 4.16. The summed E-state index contributed by atoms with van der Waals surface area (Å²) in [6, 6.07) is -0.555. The third kappa shape index (κ3) is 2.49. The Morgan fingerprint density at radius 2 is 2.00 bits per heavy atom. The summed E-state index contributed by atoms with van der Waals surface area (Å²) in [5.74, 6) is 1.42. The predicted octanol–water partition coefficient (Wildman–Crippen LogP) is 2.00. The highest BCUT2D eigenvalue weighted by Gasteiger charge is 2.32. The van der Waals surface area contributed by atoms with Gasteiger partial charge in [0, 0.05) is 11.6 Å². The SMILES string of the molecule is NC(=O)N/N=C1\CCCC2CCCCC12. The van der Waals surface area contributed by atoms with E-state index in [1.807, 2.05) is 0 Å². The number of nitrogens with zero attached hydrogens (tertiary/aromatic N) is 1. The predicted molar refractivity (Wildman–Crippen MR) is 59.5 cm³/mol. The molecule has 2 amide bonds. The molecule has 4 nitrogen and oxygen atoms in total. The minimum absolute atomic E-state index is 0.555. The molecule has 3 N–H and O–H groups in total. The van der Waals surface area contributed by atoms with E-state index in [0.717, 1.165) is 12.3 Å². The molecule has 2 rings (SSSR count). The van der Waals surface area contributed by atoms with Gasteiger partial charge in [-0.2, -0.15) is 5.10 Å². The minimum Gasteiger partial charge on any atom is -0.350 e. The molecule has 4 heteroatoms. The molecule has 0 aromatic carbocycles. The standard InChI is InChI=1S/C11H19N3O/c12-11(15)14-13-10-7-3-5-8-4-1-2-6-9(8)10/h8-9H,1-7H2,(H3,12,14,15)/b13-10+. The first kappa shape index (κ1) is 10.5. The topological polar surface area (TPSA) is 67.5 Å². The van der Waals surface area contributed by atoms with Crippen LogP contribution in [0.25, 0.3) is 0 Å². The van der Waals surface area contributed by atoms with Gasteiger partial charge in [-0.05, 0) is 38.0 Å². The lowest BCUT2D eigenvalue weighted by molar-refractivity contribution is 0.247. The molecule has 2 unspecified atom stereocenters. The van der Waals surface area contributed by atoms with E-state index < -0.39 is 6.03 Å². The number of carbonyl (C=O) groups is 1. The van der Waals surface area contributed by atoms with Gasteiger partial charge in [-0.3, -0.25) is 0 Å². The van der Waals surface area contributed by atoms with Gasteiger partial charge >= 0.3 is 6.03 Å². The molecule has 0 saturated heterocycles. The molecular formula is C11H19N3O. The summed E-state index contributed by atoms with van der Waals surface area (Å²) in [7, 11) is 0. The summed E-state index contributed by atoms with van der Waals surface area (Å²) in [4.78, 5) is 10.6. The number of amides is 2. The first-order valence-electron chi connectivity index (χ1n) is 5.89. The van der Waals surface area contributed by atoms with Crippen LogP contribution in [0.1, 0.15) is 44.9 Å². The zero-order chi connectivity index (χ0) is 10.7. The summed E-state index contributed by atoms with van der Waals surface area (Å²) < 4.78 is 0. The molecule has 2 aliphatic carbocycles. The summed E-state index contributed by atoms with van der Waals surface area (Å²) in [6.45, 7) is 0. The highest BCUT2D eigenvalue weighted by Crippen LogP contribution is 2.38. The monoisotopic (exact) mass is 209 g/mol. The Morgan fingerprint density at radius 1 is 1.27 bits per heavy atom. The van der Waals surface area contributed by atoms with Crippen LogP contribution in [0.2, 0.25) is 0 Å². The quantitative estimate of drug-likeness (QED) is 0.637. The van der Waals surface area contributed by atoms with Crippen molar-refractivity contribution in [2.45, 2.75) is 44.9 Å². The summed E-state index contributed by atoms with van der Waals surface area (Å²) in [5.41, 5.74) is 8.57. The average Bonchev–Trinajstić information content (AvgIpc) is 2.26. The van der Waals surface area contributed by atoms with Gasteiger partial charge in [-0.1, -0.05) is 12.8 Å². The molecule has 0 spiro atoms. The molecule has 0 heterocycles. The van der Waals surface area contributed by atoms with Crippen molar-refractivity contribution in [1.82, 2.24) is 5.43 Å². The number of nitrogens with two attached hydrogens (primary N) is 1. The molecule has 2 saturated carbocycles. The average molecular weight is 209 g/mol. The fraction of sp³-hybridized carbons (Fsp3) is 0.818. The van der Waals surface area contributed by atoms with Crippen LogP contribution in [0.4, 0.5) is 4.79 Å². The van der Waals surface area contributed by atoms with Crippen molar-refractivity contribution in [3.05, 3.63) is 0 Å². The maximum atomic E-state index is 10.6. The lowest BCUT2D eigenvalue weighted by Crippen LogP contribution is -2.34. The smallest absolute Gasteiger partial charge is 0.332 e. The number of hydrogen-bond donors (Lipinski definition) is 2. The largest absolute Gasteiger partial charge is 0.350 e. The number of hydrogen-bond acceptors (Lipinski definition) is 2. The lowest BCUT2D eigenvalue weighted by Gasteiger charge is -2.36. The Morgan fingerprint density at radius 3 is 2.80 bits per heavy atom. The first-order chi connectivity index (χ1) is 7.27. The van der Waals surface area contributed by atoms with Crippen molar-refractivity contribution in [3.63, 3.8) is 0 Å². The Balaban J connectivity index is 2.03. The van der Waals surface area contributed by atoms with Crippen LogP contribution in [0.5, 0.6) is 0 Å². The van der Waals surface area contributed by atoms with Crippen molar-refractivity contribution < 1.29 is 4.79 Å². The van der Waals surface area contributed by atoms with Crippen LogP contribution in [0.3, 0.4) is 0 Å². The fourth-order valence-corrected chi connectivity index (χ4v) is 2.99. The maximum absolute atomic E-state index is 10.6. The molecule has 0 aromatic heterocycles. The van der Waals surface area contributed by atoms with Gasteiger partial charge in [0.25, 0.3) is 0 Å². The van der Waals surface area contributed by atoms with E-state index in [9.17, 15) is 4.79 Å². The molecular weight excluding hydrogens is 190 g/mol. The zero-order valence-electron chi connectivity index (χ0n) is 9.04. The fourth-order valence-electron chi connectivity index (χ4n) is 2.99. The molecule has 2 aliphatic rings. The second-order valence-electron chi connectivity index (χ2n) is 4.62. The molecule has 15 heavy (non-hydrogen) atoms. The van der Waals surface area contributed by atoms with Gasteiger partial charge in [-0.15, -0.1) is 0 Å². The summed E-state index contributed by atoms with van der Waals surface area (Å²) in [6.07, 6.45) is 8.81. The third-order valence-corrected chi connectivity index (χ3v) is 3.65. The number of carbonyl (C=O) groups excluding carboxylic acids is 1. The van der Waals surface area contributed by atoms with E-state index in [0.29, 0.717) is 5.92 Å².